The molecule has 0 fully saturated rings. The summed E-state index contributed by atoms with van der Waals surface area (Å²) in [5.74, 6) is 0.151. The Morgan fingerprint density at radius 3 is 2.73 bits per heavy atom. The van der Waals surface area contributed by atoms with Gasteiger partial charge in [0.2, 0.25) is 0 Å². The Bertz CT molecular complexity index is 350. The summed E-state index contributed by atoms with van der Waals surface area (Å²) in [6.07, 6.45) is 1.64. The Kier molecular flexibility index (Phi) is 4.08. The molecular weight excluding hydrogens is 215 g/mol. The van der Waals surface area contributed by atoms with E-state index in [0.717, 1.165) is 0 Å². The third-order valence-corrected chi connectivity index (χ3v) is 2.79. The fourth-order valence-electron chi connectivity index (χ4n) is 1.37. The summed E-state index contributed by atoms with van der Waals surface area (Å²) in [7, 11) is -0.868. The van der Waals surface area contributed by atoms with E-state index >= 15 is 0 Å². The minimum absolute atomic E-state index is 0.0250. The van der Waals surface area contributed by atoms with Crippen LogP contribution in [-0.2, 0) is 10.8 Å². The predicted octanol–water partition coefficient (Wildman–Crippen LogP) is 1.59. The Balaban J connectivity index is 2.67. The number of halogens is 1. The first-order valence-electron chi connectivity index (χ1n) is 4.60. The first-order valence-corrected chi connectivity index (χ1v) is 6.32. The second-order valence-electron chi connectivity index (χ2n) is 3.56. The average molecular weight is 230 g/mol. The van der Waals surface area contributed by atoms with Gasteiger partial charge in [0.25, 0.3) is 0 Å². The molecule has 3 N–H and O–H groups in total. The van der Waals surface area contributed by atoms with Crippen molar-refractivity contribution in [1.82, 2.24) is 0 Å². The average Bonchev–Trinajstić information content (AvgIpc) is 1.98. The summed E-state index contributed by atoms with van der Waals surface area (Å²) < 4.78 is 23.9. The van der Waals surface area contributed by atoms with Crippen LogP contribution in [0.5, 0.6) is 0 Å². The van der Waals surface area contributed by atoms with Crippen molar-refractivity contribution >= 4 is 22.2 Å². The largest absolute Gasteiger partial charge is 0.399 e. The first kappa shape index (κ1) is 12.0. The lowest BCUT2D eigenvalue weighted by Crippen LogP contribution is -2.22. The molecule has 0 aromatic heterocycles. The van der Waals surface area contributed by atoms with Crippen molar-refractivity contribution in [2.75, 3.05) is 23.1 Å². The summed E-state index contributed by atoms with van der Waals surface area (Å²) >= 11 is 0. The van der Waals surface area contributed by atoms with Crippen LogP contribution in [0.1, 0.15) is 6.92 Å². The summed E-state index contributed by atoms with van der Waals surface area (Å²) in [4.78, 5) is 0. The van der Waals surface area contributed by atoms with Crippen molar-refractivity contribution in [3.05, 3.63) is 24.0 Å². The lowest BCUT2D eigenvalue weighted by Gasteiger charge is -2.14. The Morgan fingerprint density at radius 1 is 1.53 bits per heavy atom. The molecule has 0 spiro atoms. The minimum Gasteiger partial charge on any atom is -0.399 e. The Hall–Kier alpha value is -1.10. The van der Waals surface area contributed by atoms with Gasteiger partial charge in [-0.25, -0.2) is 4.39 Å². The SMILES string of the molecule is CC(CS(C)=O)Nc1cc(N)cc(F)c1. The van der Waals surface area contributed by atoms with Gasteiger partial charge in [-0.15, -0.1) is 0 Å². The molecule has 0 aliphatic carbocycles. The molecule has 0 saturated carbocycles. The van der Waals surface area contributed by atoms with Crippen molar-refractivity contribution < 1.29 is 8.60 Å². The lowest BCUT2D eigenvalue weighted by atomic mass is 10.2. The molecule has 2 unspecified atom stereocenters. The van der Waals surface area contributed by atoms with Crippen LogP contribution in [0.25, 0.3) is 0 Å². The van der Waals surface area contributed by atoms with Crippen molar-refractivity contribution in [3.63, 3.8) is 0 Å². The van der Waals surface area contributed by atoms with E-state index < -0.39 is 10.8 Å². The second kappa shape index (κ2) is 5.11. The molecule has 0 aliphatic heterocycles. The van der Waals surface area contributed by atoms with Crippen LogP contribution in [0.3, 0.4) is 0 Å². The maximum atomic E-state index is 13.0. The highest BCUT2D eigenvalue weighted by molar-refractivity contribution is 7.84. The van der Waals surface area contributed by atoms with Gasteiger partial charge < -0.3 is 11.1 Å². The number of rotatable bonds is 4. The van der Waals surface area contributed by atoms with Crippen molar-refractivity contribution in [1.29, 1.82) is 0 Å². The molecule has 0 amide bonds. The maximum Gasteiger partial charge on any atom is 0.127 e. The molecule has 2 atom stereocenters. The van der Waals surface area contributed by atoms with Crippen LogP contribution in [0.2, 0.25) is 0 Å². The van der Waals surface area contributed by atoms with Gasteiger partial charge in [-0.05, 0) is 25.1 Å². The molecule has 0 aliphatic rings. The molecule has 1 aromatic carbocycles. The molecule has 1 aromatic rings. The highest BCUT2D eigenvalue weighted by Crippen LogP contribution is 2.16. The molecule has 0 saturated heterocycles. The van der Waals surface area contributed by atoms with E-state index in [2.05, 4.69) is 5.32 Å². The van der Waals surface area contributed by atoms with Gasteiger partial charge >= 0.3 is 0 Å². The van der Waals surface area contributed by atoms with E-state index in [1.165, 1.54) is 12.1 Å². The maximum absolute atomic E-state index is 13.0. The number of nitrogens with two attached hydrogens (primary N) is 1. The monoisotopic (exact) mass is 230 g/mol. The van der Waals surface area contributed by atoms with E-state index in [-0.39, 0.29) is 11.9 Å². The zero-order valence-electron chi connectivity index (χ0n) is 8.79. The van der Waals surface area contributed by atoms with E-state index in [1.807, 2.05) is 6.92 Å². The smallest absolute Gasteiger partial charge is 0.127 e. The van der Waals surface area contributed by atoms with Crippen molar-refractivity contribution in [3.8, 4) is 0 Å². The summed E-state index contributed by atoms with van der Waals surface area (Å²) in [6, 6.07) is 4.30. The molecule has 0 heterocycles. The molecule has 15 heavy (non-hydrogen) atoms. The molecule has 1 rings (SSSR count). The van der Waals surface area contributed by atoms with Crippen molar-refractivity contribution in [2.45, 2.75) is 13.0 Å². The Labute approximate surface area is 91.3 Å². The van der Waals surface area contributed by atoms with Gasteiger partial charge in [-0.1, -0.05) is 0 Å². The molecule has 0 bridgehead atoms. The van der Waals surface area contributed by atoms with Crippen LogP contribution >= 0.6 is 0 Å². The van der Waals surface area contributed by atoms with Gasteiger partial charge in [0.05, 0.1) is 0 Å². The van der Waals surface area contributed by atoms with E-state index in [9.17, 15) is 8.60 Å². The standard InChI is InChI=1S/C10H15FN2OS/c1-7(6-15(2)14)13-10-4-8(11)3-9(12)5-10/h3-5,7,13H,6,12H2,1-2H3. The minimum atomic E-state index is -0.868. The van der Waals surface area contributed by atoms with Crippen molar-refractivity contribution in [2.24, 2.45) is 0 Å². The van der Waals surface area contributed by atoms with E-state index in [4.69, 9.17) is 5.73 Å². The highest BCUT2D eigenvalue weighted by atomic mass is 32.2. The van der Waals surface area contributed by atoms with E-state index in [0.29, 0.717) is 17.1 Å². The zero-order chi connectivity index (χ0) is 11.4. The number of hydrogen-bond acceptors (Lipinski definition) is 3. The third-order valence-electron chi connectivity index (χ3n) is 1.82. The van der Waals surface area contributed by atoms with Crippen LogP contribution in [-0.4, -0.2) is 22.3 Å². The van der Waals surface area contributed by atoms with Gasteiger partial charge in [-0.2, -0.15) is 0 Å². The molecule has 3 nitrogen and oxygen atoms in total. The Morgan fingerprint density at radius 2 is 2.20 bits per heavy atom. The van der Waals surface area contributed by atoms with Crippen LogP contribution < -0.4 is 11.1 Å². The fraction of sp³-hybridized carbons (Fsp3) is 0.400. The molecule has 84 valence electrons. The number of anilines is 2. The van der Waals surface area contributed by atoms with Gasteiger partial charge in [0, 0.05) is 40.2 Å². The van der Waals surface area contributed by atoms with Gasteiger partial charge in [0.15, 0.2) is 0 Å². The summed E-state index contributed by atoms with van der Waals surface area (Å²) in [6.45, 7) is 1.89. The lowest BCUT2D eigenvalue weighted by molar-refractivity contribution is 0.628. The fourth-order valence-corrected chi connectivity index (χ4v) is 2.16. The molecule has 0 radical (unpaired) electrons. The number of nitrogen functional groups attached to an aromatic ring is 1. The van der Waals surface area contributed by atoms with Crippen LogP contribution in [0, 0.1) is 5.82 Å². The molecule has 5 heteroatoms. The zero-order valence-corrected chi connectivity index (χ0v) is 9.60. The normalized spacial score (nSPS) is 14.6. The van der Waals surface area contributed by atoms with Crippen LogP contribution in [0.4, 0.5) is 15.8 Å². The molecular formula is C10H15FN2OS. The topological polar surface area (TPSA) is 55.1 Å². The van der Waals surface area contributed by atoms with Gasteiger partial charge in [0.1, 0.15) is 5.82 Å². The number of nitrogens with one attached hydrogen (secondary N) is 1. The third kappa shape index (κ3) is 4.29. The number of benzene rings is 1. The number of hydrogen-bond donors (Lipinski definition) is 2. The summed E-state index contributed by atoms with van der Waals surface area (Å²) in [5.41, 5.74) is 6.49. The van der Waals surface area contributed by atoms with E-state index in [1.54, 1.807) is 12.3 Å². The van der Waals surface area contributed by atoms with Gasteiger partial charge in [-0.3, -0.25) is 4.21 Å². The summed E-state index contributed by atoms with van der Waals surface area (Å²) in [5, 5.41) is 3.04. The quantitative estimate of drug-likeness (QED) is 0.772. The first-order chi connectivity index (χ1) is 6.97. The van der Waals surface area contributed by atoms with Crippen LogP contribution in [0.15, 0.2) is 18.2 Å². The second-order valence-corrected chi connectivity index (χ2v) is 5.04. The predicted molar refractivity (Wildman–Crippen MR) is 62.8 cm³/mol. The highest BCUT2D eigenvalue weighted by Gasteiger charge is 2.05.